The zero-order valence-corrected chi connectivity index (χ0v) is 25.4. The van der Waals surface area contributed by atoms with Crippen LogP contribution in [0.3, 0.4) is 0 Å². The monoisotopic (exact) mass is 728 g/mol. The number of urea groups is 1. The molecule has 0 aliphatic carbocycles. The second kappa shape index (κ2) is 12.1. The van der Waals surface area contributed by atoms with Crippen LogP contribution < -0.4 is 19.7 Å². The van der Waals surface area contributed by atoms with Crippen molar-refractivity contribution < 1.29 is 23.9 Å². The lowest BCUT2D eigenvalue weighted by molar-refractivity contribution is -0.122. The largest absolute Gasteiger partial charge is 0.490 e. The smallest absolute Gasteiger partial charge is 0.335 e. The van der Waals surface area contributed by atoms with Gasteiger partial charge >= 0.3 is 6.03 Å². The molecule has 0 bridgehead atoms. The lowest BCUT2D eigenvalue weighted by atomic mass is 10.1. The Hall–Kier alpha value is -2.60. The second-order valence-corrected chi connectivity index (χ2v) is 11.0. The van der Waals surface area contributed by atoms with Gasteiger partial charge < -0.3 is 9.47 Å². The highest BCUT2D eigenvalue weighted by molar-refractivity contribution is 14.1. The molecule has 1 fully saturated rings. The maximum atomic E-state index is 13.3. The molecule has 1 N–H and O–H groups in total. The van der Waals surface area contributed by atoms with Crippen molar-refractivity contribution in [3.05, 3.63) is 88.9 Å². The van der Waals surface area contributed by atoms with Gasteiger partial charge in [-0.05, 0) is 96.1 Å². The van der Waals surface area contributed by atoms with E-state index in [1.54, 1.807) is 48.5 Å². The number of anilines is 1. The van der Waals surface area contributed by atoms with Gasteiger partial charge in [0, 0.05) is 20.1 Å². The molecule has 1 heterocycles. The quantitative estimate of drug-likeness (QED) is 0.157. The molecule has 1 saturated heterocycles. The van der Waals surface area contributed by atoms with Crippen LogP contribution in [-0.2, 0) is 16.2 Å². The number of carbonyl (C=O) groups excluding carboxylic acids is 3. The number of ether oxygens (including phenoxy) is 2. The summed E-state index contributed by atoms with van der Waals surface area (Å²) in [5.41, 5.74) is 2.26. The third kappa shape index (κ3) is 6.17. The zero-order valence-electron chi connectivity index (χ0n) is 20.1. The summed E-state index contributed by atoms with van der Waals surface area (Å²) in [6.07, 6.45) is 1.42. The number of aryl methyl sites for hydroxylation is 1. The molecule has 196 valence electrons. The summed E-state index contributed by atoms with van der Waals surface area (Å²) in [5.74, 6) is -0.597. The van der Waals surface area contributed by atoms with Crippen LogP contribution in [0.4, 0.5) is 10.5 Å². The number of hydrogen-bond acceptors (Lipinski definition) is 5. The van der Waals surface area contributed by atoms with Crippen molar-refractivity contribution in [2.75, 3.05) is 11.5 Å². The van der Waals surface area contributed by atoms with Crippen molar-refractivity contribution in [2.45, 2.75) is 20.5 Å². The molecule has 38 heavy (non-hydrogen) atoms. The first-order chi connectivity index (χ1) is 18.1. The highest BCUT2D eigenvalue weighted by Gasteiger charge is 2.37. The number of carbonyl (C=O) groups is 3. The third-order valence-corrected chi connectivity index (χ3v) is 7.81. The number of amides is 4. The minimum atomic E-state index is -0.812. The van der Waals surface area contributed by atoms with Crippen molar-refractivity contribution in [1.82, 2.24) is 5.32 Å². The standard InChI is InChI=1S/C27H20BrCl2IN2O5/c1-3-37-23-11-15(10-22(31)24(23)38-13-16-4-5-17(29)12-21(16)30)9-19-25(34)32-27(36)33(26(19)35)18-6-7-20(28)14(2)8-18/h4-12H,3,13H2,1-2H3,(H,32,34,36)/b19-9+. The van der Waals surface area contributed by atoms with Gasteiger partial charge in [0.2, 0.25) is 0 Å². The second-order valence-electron chi connectivity index (χ2n) is 8.18. The van der Waals surface area contributed by atoms with Crippen molar-refractivity contribution >= 4 is 91.3 Å². The molecule has 3 aromatic carbocycles. The van der Waals surface area contributed by atoms with Crippen LogP contribution in [-0.4, -0.2) is 24.5 Å². The first kappa shape index (κ1) is 28.4. The minimum absolute atomic E-state index is 0.178. The molecule has 0 unspecified atom stereocenters. The molecular formula is C27H20BrCl2IN2O5. The highest BCUT2D eigenvalue weighted by Crippen LogP contribution is 2.36. The summed E-state index contributed by atoms with van der Waals surface area (Å²) in [4.78, 5) is 39.5. The number of halogens is 4. The summed E-state index contributed by atoms with van der Waals surface area (Å²) in [5, 5.41) is 3.25. The van der Waals surface area contributed by atoms with Crippen LogP contribution in [0, 0.1) is 10.5 Å². The normalized spacial score (nSPS) is 14.6. The molecule has 0 atom stereocenters. The summed E-state index contributed by atoms with van der Waals surface area (Å²) >= 11 is 17.8. The average Bonchev–Trinajstić information content (AvgIpc) is 2.84. The van der Waals surface area contributed by atoms with E-state index in [1.165, 1.54) is 6.08 Å². The van der Waals surface area contributed by atoms with Gasteiger partial charge in [-0.15, -0.1) is 0 Å². The van der Waals surface area contributed by atoms with Crippen LogP contribution in [0.1, 0.15) is 23.6 Å². The number of rotatable bonds is 7. The Morgan fingerprint density at radius 1 is 1.05 bits per heavy atom. The van der Waals surface area contributed by atoms with E-state index in [0.717, 1.165) is 20.5 Å². The molecule has 1 aliphatic heterocycles. The Balaban J connectivity index is 1.67. The minimum Gasteiger partial charge on any atom is -0.490 e. The van der Waals surface area contributed by atoms with Crippen molar-refractivity contribution in [3.8, 4) is 11.5 Å². The van der Waals surface area contributed by atoms with Crippen LogP contribution in [0.15, 0.2) is 58.6 Å². The van der Waals surface area contributed by atoms with E-state index in [9.17, 15) is 14.4 Å². The van der Waals surface area contributed by atoms with Crippen LogP contribution >= 0.6 is 61.7 Å². The number of nitrogens with zero attached hydrogens (tertiary/aromatic N) is 1. The van der Waals surface area contributed by atoms with E-state index in [2.05, 4.69) is 43.8 Å². The Kier molecular flexibility index (Phi) is 9.02. The van der Waals surface area contributed by atoms with Crippen LogP contribution in [0.5, 0.6) is 11.5 Å². The lowest BCUT2D eigenvalue weighted by Gasteiger charge is -2.26. The van der Waals surface area contributed by atoms with Gasteiger partial charge in [0.05, 0.1) is 15.9 Å². The molecule has 0 spiro atoms. The van der Waals surface area contributed by atoms with E-state index < -0.39 is 17.8 Å². The lowest BCUT2D eigenvalue weighted by Crippen LogP contribution is -2.54. The van der Waals surface area contributed by atoms with E-state index in [4.69, 9.17) is 32.7 Å². The molecular weight excluding hydrogens is 710 g/mol. The third-order valence-electron chi connectivity index (χ3n) is 5.53. The number of nitrogens with one attached hydrogen (secondary N) is 1. The van der Waals surface area contributed by atoms with Gasteiger partial charge in [0.1, 0.15) is 12.2 Å². The van der Waals surface area contributed by atoms with Gasteiger partial charge in [0.15, 0.2) is 11.5 Å². The van der Waals surface area contributed by atoms with E-state index in [0.29, 0.717) is 43.0 Å². The number of benzene rings is 3. The Morgan fingerprint density at radius 2 is 1.82 bits per heavy atom. The first-order valence-electron chi connectivity index (χ1n) is 11.3. The molecule has 11 heteroatoms. The first-order valence-corrected chi connectivity index (χ1v) is 13.9. The molecule has 3 aromatic rings. The predicted molar refractivity (Wildman–Crippen MR) is 159 cm³/mol. The predicted octanol–water partition coefficient (Wildman–Crippen LogP) is 7.31. The fourth-order valence-corrected chi connectivity index (χ4v) is 5.18. The van der Waals surface area contributed by atoms with Gasteiger partial charge in [-0.2, -0.15) is 0 Å². The fraction of sp³-hybridized carbons (Fsp3) is 0.148. The molecule has 0 radical (unpaired) electrons. The van der Waals surface area contributed by atoms with Crippen molar-refractivity contribution in [2.24, 2.45) is 0 Å². The van der Waals surface area contributed by atoms with E-state index in [1.807, 2.05) is 13.8 Å². The van der Waals surface area contributed by atoms with Crippen molar-refractivity contribution in [1.29, 1.82) is 0 Å². The van der Waals surface area contributed by atoms with Crippen LogP contribution in [0.25, 0.3) is 6.08 Å². The molecule has 1 aliphatic rings. The number of imide groups is 2. The maximum Gasteiger partial charge on any atom is 0.335 e. The Morgan fingerprint density at radius 3 is 2.50 bits per heavy atom. The fourth-order valence-electron chi connectivity index (χ4n) is 3.69. The van der Waals surface area contributed by atoms with E-state index >= 15 is 0 Å². The maximum absolute atomic E-state index is 13.3. The molecule has 0 aromatic heterocycles. The molecule has 0 saturated carbocycles. The molecule has 4 rings (SSSR count). The van der Waals surface area contributed by atoms with Crippen LogP contribution in [0.2, 0.25) is 10.0 Å². The van der Waals surface area contributed by atoms with Gasteiger partial charge in [-0.1, -0.05) is 45.2 Å². The topological polar surface area (TPSA) is 84.9 Å². The molecule has 4 amide bonds. The average molecular weight is 730 g/mol. The van der Waals surface area contributed by atoms with Gasteiger partial charge in [-0.25, -0.2) is 9.69 Å². The Labute approximate surface area is 251 Å². The highest BCUT2D eigenvalue weighted by atomic mass is 127. The molecule has 7 nitrogen and oxygen atoms in total. The number of barbiturate groups is 1. The summed E-state index contributed by atoms with van der Waals surface area (Å²) in [7, 11) is 0. The van der Waals surface area contributed by atoms with Gasteiger partial charge in [0.25, 0.3) is 11.8 Å². The number of hydrogen-bond donors (Lipinski definition) is 1. The van der Waals surface area contributed by atoms with Gasteiger partial charge in [-0.3, -0.25) is 14.9 Å². The summed E-state index contributed by atoms with van der Waals surface area (Å²) < 4.78 is 13.4. The van der Waals surface area contributed by atoms with E-state index in [-0.39, 0.29) is 12.2 Å². The van der Waals surface area contributed by atoms with Crippen molar-refractivity contribution in [3.63, 3.8) is 0 Å². The Bertz CT molecular complexity index is 1490. The zero-order chi connectivity index (χ0) is 27.6. The SMILES string of the molecule is CCOc1cc(/C=C2\C(=O)NC(=O)N(c3ccc(Br)c(C)c3)C2=O)cc(I)c1OCc1ccc(Cl)cc1Cl. The summed E-state index contributed by atoms with van der Waals surface area (Å²) in [6.45, 7) is 4.21. The summed E-state index contributed by atoms with van der Waals surface area (Å²) in [6, 6.07) is 12.8.